The van der Waals surface area contributed by atoms with Gasteiger partial charge in [0.2, 0.25) is 0 Å². The average molecular weight is 652 g/mol. The molecule has 236 valence electrons. The van der Waals surface area contributed by atoms with Crippen LogP contribution < -0.4 is 15.4 Å². The van der Waals surface area contributed by atoms with Crippen LogP contribution in [-0.2, 0) is 22.5 Å². The smallest absolute Gasteiger partial charge is 0.423 e. The lowest BCUT2D eigenvalue weighted by Crippen LogP contribution is -2.50. The molecule has 1 saturated carbocycles. The highest BCUT2D eigenvalue weighted by atomic mass is 35.5. The Bertz CT molecular complexity index is 1810. The SMILES string of the molecule is CC(COC(F)(F)F)n1ncc2c(-c3ccc4c(c3)OC(F)(F)C(=O)N4Cc3ncc(Cl)cn3)c(C(N)=O)c(CC3CC3)nc21. The molecule has 1 aliphatic heterocycles. The molecule has 4 heterocycles. The summed E-state index contributed by atoms with van der Waals surface area (Å²) in [6.07, 6.45) is -3.20. The lowest BCUT2D eigenvalue weighted by molar-refractivity contribution is -0.327. The lowest BCUT2D eigenvalue weighted by Gasteiger charge is -2.33. The number of carbonyl (C=O) groups excluding carboxylic acids is 2. The van der Waals surface area contributed by atoms with Gasteiger partial charge in [-0.05, 0) is 49.8 Å². The number of ether oxygens (including phenoxy) is 2. The topological polar surface area (TPSA) is 138 Å². The van der Waals surface area contributed by atoms with Gasteiger partial charge in [-0.1, -0.05) is 17.7 Å². The zero-order valence-corrected chi connectivity index (χ0v) is 24.1. The van der Waals surface area contributed by atoms with Crippen LogP contribution in [0.4, 0.5) is 27.6 Å². The van der Waals surface area contributed by atoms with Gasteiger partial charge < -0.3 is 10.5 Å². The molecular weight excluding hydrogens is 629 g/mol. The number of fused-ring (bicyclic) bond motifs is 2. The summed E-state index contributed by atoms with van der Waals surface area (Å²) in [4.78, 5) is 38.9. The second kappa shape index (κ2) is 11.2. The van der Waals surface area contributed by atoms with Gasteiger partial charge in [0.15, 0.2) is 11.4 Å². The summed E-state index contributed by atoms with van der Waals surface area (Å²) in [5.41, 5.74) is 6.64. The number of alkyl halides is 5. The van der Waals surface area contributed by atoms with Crippen molar-refractivity contribution in [2.24, 2.45) is 11.7 Å². The van der Waals surface area contributed by atoms with E-state index in [4.69, 9.17) is 22.1 Å². The first-order chi connectivity index (χ1) is 21.2. The van der Waals surface area contributed by atoms with E-state index in [9.17, 15) is 31.5 Å². The van der Waals surface area contributed by atoms with E-state index in [-0.39, 0.29) is 50.2 Å². The third kappa shape index (κ3) is 6.11. The third-order valence-corrected chi connectivity index (χ3v) is 7.59. The molecule has 0 bridgehead atoms. The van der Waals surface area contributed by atoms with Crippen molar-refractivity contribution in [3.05, 3.63) is 58.9 Å². The summed E-state index contributed by atoms with van der Waals surface area (Å²) in [6, 6.07) is 3.12. The Balaban J connectivity index is 1.49. The van der Waals surface area contributed by atoms with E-state index in [1.165, 1.54) is 48.4 Å². The molecule has 2 aliphatic rings. The maximum absolute atomic E-state index is 14.9. The van der Waals surface area contributed by atoms with Gasteiger partial charge in [-0.15, -0.1) is 13.2 Å². The molecule has 1 unspecified atom stereocenters. The Kier molecular flexibility index (Phi) is 7.59. The lowest BCUT2D eigenvalue weighted by atomic mass is 9.93. The second-order valence-corrected chi connectivity index (χ2v) is 11.2. The zero-order valence-electron chi connectivity index (χ0n) is 23.3. The Morgan fingerprint density at radius 1 is 1.22 bits per heavy atom. The number of hydrogen-bond acceptors (Lipinski definition) is 8. The summed E-state index contributed by atoms with van der Waals surface area (Å²) in [5, 5.41) is 4.67. The number of aromatic nitrogens is 5. The van der Waals surface area contributed by atoms with E-state index in [2.05, 4.69) is 24.8 Å². The van der Waals surface area contributed by atoms with Crippen LogP contribution in [0, 0.1) is 5.92 Å². The molecule has 2 N–H and O–H groups in total. The number of benzene rings is 1. The van der Waals surface area contributed by atoms with E-state index in [0.29, 0.717) is 12.1 Å². The molecule has 1 fully saturated rings. The fourth-order valence-corrected chi connectivity index (χ4v) is 5.26. The summed E-state index contributed by atoms with van der Waals surface area (Å²) >= 11 is 5.82. The normalized spacial score (nSPS) is 16.9. The van der Waals surface area contributed by atoms with E-state index in [1.54, 1.807) is 0 Å². The quantitative estimate of drug-likeness (QED) is 0.244. The van der Waals surface area contributed by atoms with Crippen LogP contribution in [-0.4, -0.2) is 55.6 Å². The predicted octanol–water partition coefficient (Wildman–Crippen LogP) is 5.21. The van der Waals surface area contributed by atoms with Crippen molar-refractivity contribution < 1.29 is 41.0 Å². The number of halogens is 6. The van der Waals surface area contributed by atoms with E-state index < -0.39 is 49.2 Å². The first-order valence-electron chi connectivity index (χ1n) is 13.6. The van der Waals surface area contributed by atoms with Crippen molar-refractivity contribution >= 4 is 40.1 Å². The van der Waals surface area contributed by atoms with Crippen LogP contribution >= 0.6 is 11.6 Å². The monoisotopic (exact) mass is 651 g/mol. The Hall–Kier alpha value is -4.44. The number of primary amides is 1. The van der Waals surface area contributed by atoms with Crippen molar-refractivity contribution in [3.63, 3.8) is 0 Å². The molecule has 0 saturated heterocycles. The number of pyridine rings is 1. The summed E-state index contributed by atoms with van der Waals surface area (Å²) in [7, 11) is 0. The van der Waals surface area contributed by atoms with Crippen molar-refractivity contribution in [2.75, 3.05) is 11.5 Å². The highest BCUT2D eigenvalue weighted by molar-refractivity contribution is 6.30. The van der Waals surface area contributed by atoms with Gasteiger partial charge in [0.05, 0.1) is 47.4 Å². The van der Waals surface area contributed by atoms with E-state index >= 15 is 0 Å². The van der Waals surface area contributed by atoms with Gasteiger partial charge >= 0.3 is 18.4 Å². The molecule has 4 aromatic rings. The first-order valence-corrected chi connectivity index (χ1v) is 14.0. The van der Waals surface area contributed by atoms with Gasteiger partial charge in [-0.2, -0.15) is 13.9 Å². The van der Waals surface area contributed by atoms with E-state index in [1.807, 2.05) is 0 Å². The number of nitrogens with two attached hydrogens (primary N) is 1. The summed E-state index contributed by atoms with van der Waals surface area (Å²) < 4.78 is 78.2. The van der Waals surface area contributed by atoms with Crippen LogP contribution in [0.1, 0.15) is 47.7 Å². The van der Waals surface area contributed by atoms with Gasteiger partial charge in [0.1, 0.15) is 5.82 Å². The minimum atomic E-state index is -4.87. The van der Waals surface area contributed by atoms with Crippen molar-refractivity contribution in [2.45, 2.75) is 51.2 Å². The fraction of sp³-hybridized carbons (Fsp3) is 0.357. The molecule has 0 radical (unpaired) electrons. The van der Waals surface area contributed by atoms with Gasteiger partial charge in [0, 0.05) is 23.3 Å². The highest BCUT2D eigenvalue weighted by Crippen LogP contribution is 2.45. The van der Waals surface area contributed by atoms with Crippen LogP contribution in [0.2, 0.25) is 5.02 Å². The number of anilines is 1. The van der Waals surface area contributed by atoms with Crippen LogP contribution in [0.15, 0.2) is 36.8 Å². The number of hydrogen-bond donors (Lipinski definition) is 1. The van der Waals surface area contributed by atoms with Crippen molar-refractivity contribution in [3.8, 4) is 16.9 Å². The van der Waals surface area contributed by atoms with E-state index in [0.717, 1.165) is 17.7 Å². The first kappa shape index (κ1) is 30.6. The molecule has 1 atom stereocenters. The van der Waals surface area contributed by atoms with Gasteiger partial charge in [0.25, 0.3) is 5.91 Å². The number of nitrogens with zero attached hydrogens (tertiary/aromatic N) is 6. The number of carbonyl (C=O) groups is 2. The predicted molar refractivity (Wildman–Crippen MR) is 148 cm³/mol. The minimum absolute atomic E-state index is 0.0122. The molecule has 6 rings (SSSR count). The Morgan fingerprint density at radius 2 is 1.93 bits per heavy atom. The maximum Gasteiger partial charge on any atom is 0.522 e. The summed E-state index contributed by atoms with van der Waals surface area (Å²) in [6.45, 7) is 0.256. The van der Waals surface area contributed by atoms with Crippen molar-refractivity contribution in [1.82, 2.24) is 24.7 Å². The van der Waals surface area contributed by atoms with Crippen molar-refractivity contribution in [1.29, 1.82) is 0 Å². The maximum atomic E-state index is 14.9. The molecule has 45 heavy (non-hydrogen) atoms. The third-order valence-electron chi connectivity index (χ3n) is 7.39. The minimum Gasteiger partial charge on any atom is -0.423 e. The number of amides is 2. The number of rotatable bonds is 9. The molecule has 1 aliphatic carbocycles. The van der Waals surface area contributed by atoms with Crippen LogP contribution in [0.25, 0.3) is 22.2 Å². The standard InChI is InChI=1S/C28H23ClF5N7O4/c1-13(12-44-28(32,33)34)41-25-17(10-38-41)22(23(24(35)42)18(39-25)6-14-2-3-14)15-4-5-19-20(7-15)45-27(30,31)26(43)40(19)11-21-36-8-16(29)9-37-21/h4-5,7-10,13-14H,2-3,6,11-12H2,1H3,(H2,35,42). The Morgan fingerprint density at radius 3 is 2.58 bits per heavy atom. The largest absolute Gasteiger partial charge is 0.522 e. The molecule has 2 amide bonds. The Labute approximate surface area is 256 Å². The highest BCUT2D eigenvalue weighted by Gasteiger charge is 2.51. The van der Waals surface area contributed by atoms with Gasteiger partial charge in [-0.3, -0.25) is 19.2 Å². The molecule has 3 aromatic heterocycles. The summed E-state index contributed by atoms with van der Waals surface area (Å²) in [5.74, 6) is -2.64. The molecule has 0 spiro atoms. The fourth-order valence-electron chi connectivity index (χ4n) is 5.16. The molecule has 11 nitrogen and oxygen atoms in total. The molecule has 1 aromatic carbocycles. The zero-order chi connectivity index (χ0) is 32.3. The van der Waals surface area contributed by atoms with Gasteiger partial charge in [-0.25, -0.2) is 19.6 Å². The second-order valence-electron chi connectivity index (χ2n) is 10.8. The van der Waals surface area contributed by atoms with Crippen LogP contribution in [0.5, 0.6) is 5.75 Å². The average Bonchev–Trinajstić information content (AvgIpc) is 3.69. The molecular formula is C28H23ClF5N7O4. The molecule has 17 heteroatoms. The van der Waals surface area contributed by atoms with Crippen LogP contribution in [0.3, 0.4) is 0 Å².